The topological polar surface area (TPSA) is 89.9 Å². The van der Waals surface area contributed by atoms with Gasteiger partial charge in [-0.05, 0) is 44.9 Å². The van der Waals surface area contributed by atoms with Crippen LogP contribution in [0.3, 0.4) is 0 Å². The van der Waals surface area contributed by atoms with Crippen LogP contribution >= 0.6 is 0 Å². The molecule has 1 aliphatic carbocycles. The number of hydrogen-bond donors (Lipinski definition) is 3. The van der Waals surface area contributed by atoms with Crippen LogP contribution in [0.1, 0.15) is 52.4 Å². The van der Waals surface area contributed by atoms with Gasteiger partial charge in [0, 0.05) is 19.7 Å². The monoisotopic (exact) mass is 300 g/mol. The van der Waals surface area contributed by atoms with E-state index in [-0.39, 0.29) is 12.6 Å². The molecule has 6 heteroatoms. The van der Waals surface area contributed by atoms with Crippen molar-refractivity contribution in [3.8, 4) is 0 Å². The summed E-state index contributed by atoms with van der Waals surface area (Å²) in [7, 11) is 0. The number of carbonyl (C=O) groups excluding carboxylic acids is 1. The lowest BCUT2D eigenvalue weighted by Gasteiger charge is -2.38. The summed E-state index contributed by atoms with van der Waals surface area (Å²) in [6, 6.07) is -0.344. The van der Waals surface area contributed by atoms with Gasteiger partial charge in [0.1, 0.15) is 5.54 Å². The summed E-state index contributed by atoms with van der Waals surface area (Å²) in [5.41, 5.74) is -1.13. The van der Waals surface area contributed by atoms with Gasteiger partial charge in [0.2, 0.25) is 0 Å². The number of carboxylic acid groups (broad SMARTS) is 1. The lowest BCUT2D eigenvalue weighted by molar-refractivity contribution is -0.146. The summed E-state index contributed by atoms with van der Waals surface area (Å²) in [6.07, 6.45) is 4.21. The lowest BCUT2D eigenvalue weighted by Crippen LogP contribution is -2.59. The first kappa shape index (κ1) is 17.8. The summed E-state index contributed by atoms with van der Waals surface area (Å²) < 4.78 is 0. The van der Waals surface area contributed by atoms with Gasteiger partial charge in [-0.15, -0.1) is 0 Å². The van der Waals surface area contributed by atoms with E-state index in [1.807, 2.05) is 6.92 Å². The van der Waals surface area contributed by atoms with Crippen molar-refractivity contribution in [2.75, 3.05) is 19.7 Å². The number of carbonyl (C=O) groups is 2. The van der Waals surface area contributed by atoms with E-state index >= 15 is 0 Å². The molecule has 0 aromatic heterocycles. The number of hydrogen-bond acceptors (Lipinski definition) is 3. The molecule has 0 saturated heterocycles. The minimum Gasteiger partial charge on any atom is -0.480 e. The maximum absolute atomic E-state index is 12.3. The Morgan fingerprint density at radius 3 is 2.33 bits per heavy atom. The summed E-state index contributed by atoms with van der Waals surface area (Å²) >= 11 is 0. The highest BCUT2D eigenvalue weighted by atomic mass is 16.4. The first-order valence-corrected chi connectivity index (χ1v) is 7.90. The van der Waals surface area contributed by atoms with Crippen molar-refractivity contribution in [2.45, 2.75) is 57.9 Å². The first-order valence-electron chi connectivity index (χ1n) is 7.90. The standard InChI is InChI=1S/C15H28N2O4/c1-3-12-6-8-15(9-7-12,13(19)20)16-14(21)17(4-2)10-5-11-18/h12,18H,3-11H2,1-2H3,(H,16,21)(H,19,20). The quantitative estimate of drug-likeness (QED) is 0.669. The zero-order valence-corrected chi connectivity index (χ0v) is 13.1. The van der Waals surface area contributed by atoms with Crippen LogP contribution in [-0.2, 0) is 4.79 Å². The molecule has 1 fully saturated rings. The largest absolute Gasteiger partial charge is 0.480 e. The van der Waals surface area contributed by atoms with Crippen LogP contribution in [0.4, 0.5) is 4.79 Å². The number of nitrogens with zero attached hydrogens (tertiary/aromatic N) is 1. The predicted molar refractivity (Wildman–Crippen MR) is 80.1 cm³/mol. The second-order valence-electron chi connectivity index (χ2n) is 5.83. The van der Waals surface area contributed by atoms with Crippen molar-refractivity contribution in [3.05, 3.63) is 0 Å². The lowest BCUT2D eigenvalue weighted by atomic mass is 9.75. The third kappa shape index (κ3) is 4.59. The van der Waals surface area contributed by atoms with Crippen LogP contribution < -0.4 is 5.32 Å². The van der Waals surface area contributed by atoms with Crippen molar-refractivity contribution in [3.63, 3.8) is 0 Å². The van der Waals surface area contributed by atoms with Gasteiger partial charge in [0.05, 0.1) is 0 Å². The van der Waals surface area contributed by atoms with Crippen molar-refractivity contribution in [1.82, 2.24) is 10.2 Å². The SMILES string of the molecule is CCC1CCC(NC(=O)N(CC)CCCO)(C(=O)O)CC1. The van der Waals surface area contributed by atoms with Crippen LogP contribution in [0.5, 0.6) is 0 Å². The molecule has 21 heavy (non-hydrogen) atoms. The smallest absolute Gasteiger partial charge is 0.329 e. The van der Waals surface area contributed by atoms with Crippen molar-refractivity contribution >= 4 is 12.0 Å². The number of aliphatic carboxylic acids is 1. The van der Waals surface area contributed by atoms with Gasteiger partial charge in [0.15, 0.2) is 0 Å². The summed E-state index contributed by atoms with van der Waals surface area (Å²) in [5.74, 6) is -0.380. The van der Waals surface area contributed by atoms with Gasteiger partial charge in [-0.25, -0.2) is 9.59 Å². The van der Waals surface area contributed by atoms with Crippen LogP contribution in [-0.4, -0.2) is 52.3 Å². The van der Waals surface area contributed by atoms with E-state index in [0.717, 1.165) is 19.3 Å². The van der Waals surface area contributed by atoms with Crippen LogP contribution in [0.15, 0.2) is 0 Å². The molecular formula is C15H28N2O4. The highest BCUT2D eigenvalue weighted by Crippen LogP contribution is 2.34. The minimum absolute atomic E-state index is 0.0199. The predicted octanol–water partition coefficient (Wildman–Crippen LogP) is 1.82. The third-order valence-electron chi connectivity index (χ3n) is 4.55. The van der Waals surface area contributed by atoms with Crippen molar-refractivity contribution < 1.29 is 19.8 Å². The Balaban J connectivity index is 2.70. The van der Waals surface area contributed by atoms with Gasteiger partial charge in [-0.3, -0.25) is 0 Å². The molecule has 0 atom stereocenters. The average Bonchev–Trinajstić information content (AvgIpc) is 2.48. The minimum atomic E-state index is -1.13. The Hall–Kier alpha value is -1.30. The summed E-state index contributed by atoms with van der Waals surface area (Å²) in [6.45, 7) is 4.92. The molecular weight excluding hydrogens is 272 g/mol. The van der Waals surface area contributed by atoms with Gasteiger partial charge in [-0.2, -0.15) is 0 Å². The molecule has 0 aromatic carbocycles. The number of rotatable bonds is 7. The molecule has 122 valence electrons. The number of carboxylic acids is 1. The molecule has 1 rings (SSSR count). The number of aliphatic hydroxyl groups excluding tert-OH is 1. The van der Waals surface area contributed by atoms with E-state index in [0.29, 0.717) is 38.3 Å². The zero-order chi connectivity index (χ0) is 15.9. The number of aliphatic hydroxyl groups is 1. The van der Waals surface area contributed by atoms with E-state index in [2.05, 4.69) is 12.2 Å². The van der Waals surface area contributed by atoms with Gasteiger partial charge >= 0.3 is 12.0 Å². The molecule has 0 radical (unpaired) electrons. The average molecular weight is 300 g/mol. The fourth-order valence-electron chi connectivity index (χ4n) is 2.92. The Kier molecular flexibility index (Phi) is 6.95. The van der Waals surface area contributed by atoms with Crippen LogP contribution in [0.25, 0.3) is 0 Å². The molecule has 1 saturated carbocycles. The normalized spacial score (nSPS) is 25.4. The van der Waals surface area contributed by atoms with E-state index < -0.39 is 11.5 Å². The van der Waals surface area contributed by atoms with E-state index in [4.69, 9.17) is 5.11 Å². The van der Waals surface area contributed by atoms with Gasteiger partial charge < -0.3 is 20.4 Å². The van der Waals surface area contributed by atoms with Gasteiger partial charge in [0.25, 0.3) is 0 Å². The zero-order valence-electron chi connectivity index (χ0n) is 13.1. The first-order chi connectivity index (χ1) is 9.99. The van der Waals surface area contributed by atoms with Crippen molar-refractivity contribution in [1.29, 1.82) is 0 Å². The summed E-state index contributed by atoms with van der Waals surface area (Å²) in [5, 5.41) is 21.2. The molecule has 1 aliphatic rings. The van der Waals surface area contributed by atoms with E-state index in [1.165, 1.54) is 0 Å². The number of urea groups is 1. The number of nitrogens with one attached hydrogen (secondary N) is 1. The van der Waals surface area contributed by atoms with Crippen LogP contribution in [0, 0.1) is 5.92 Å². The Bertz CT molecular complexity index is 352. The Labute approximate surface area is 126 Å². The Morgan fingerprint density at radius 1 is 1.29 bits per heavy atom. The van der Waals surface area contributed by atoms with Crippen LogP contribution in [0.2, 0.25) is 0 Å². The molecule has 3 N–H and O–H groups in total. The van der Waals surface area contributed by atoms with E-state index in [1.54, 1.807) is 4.90 Å². The Morgan fingerprint density at radius 2 is 1.90 bits per heavy atom. The van der Waals surface area contributed by atoms with E-state index in [9.17, 15) is 14.7 Å². The molecule has 0 aromatic rings. The fraction of sp³-hybridized carbons (Fsp3) is 0.867. The number of amides is 2. The molecule has 6 nitrogen and oxygen atoms in total. The highest BCUT2D eigenvalue weighted by Gasteiger charge is 2.43. The molecule has 0 bridgehead atoms. The second kappa shape index (κ2) is 8.22. The molecule has 0 aliphatic heterocycles. The molecule has 0 spiro atoms. The molecule has 2 amide bonds. The highest BCUT2D eigenvalue weighted by molar-refractivity contribution is 5.86. The third-order valence-corrected chi connectivity index (χ3v) is 4.55. The maximum Gasteiger partial charge on any atom is 0.329 e. The molecule has 0 heterocycles. The van der Waals surface area contributed by atoms with Crippen molar-refractivity contribution in [2.24, 2.45) is 5.92 Å². The molecule has 0 unspecified atom stereocenters. The summed E-state index contributed by atoms with van der Waals surface area (Å²) in [4.78, 5) is 25.5. The maximum atomic E-state index is 12.3. The fourth-order valence-corrected chi connectivity index (χ4v) is 2.92. The second-order valence-corrected chi connectivity index (χ2v) is 5.83. The van der Waals surface area contributed by atoms with Gasteiger partial charge in [-0.1, -0.05) is 13.3 Å².